The first-order chi connectivity index (χ1) is 12.8. The van der Waals surface area contributed by atoms with E-state index in [1.807, 2.05) is 0 Å². The topological polar surface area (TPSA) is 73.1 Å². The second-order valence-electron chi connectivity index (χ2n) is 5.52. The Hall–Kier alpha value is -2.76. The maximum Gasteiger partial charge on any atom is 0.416 e. The summed E-state index contributed by atoms with van der Waals surface area (Å²) < 4.78 is 75.8. The van der Waals surface area contributed by atoms with Gasteiger partial charge in [-0.15, -0.1) is 0 Å². The SMILES string of the molecule is O=C(Cn1ccn(CC(F)(F)F)c(=O)c1=O)Nc1cc(C(F)(F)F)ccc1Cl. The van der Waals surface area contributed by atoms with Crippen LogP contribution in [0.1, 0.15) is 5.56 Å². The van der Waals surface area contributed by atoms with Crippen LogP contribution in [-0.2, 0) is 24.1 Å². The van der Waals surface area contributed by atoms with Gasteiger partial charge in [-0.3, -0.25) is 19.0 Å². The Morgan fingerprint density at radius 2 is 1.57 bits per heavy atom. The number of hydrogen-bond donors (Lipinski definition) is 1. The van der Waals surface area contributed by atoms with Crippen LogP contribution in [0, 0.1) is 0 Å². The molecule has 152 valence electrons. The average Bonchev–Trinajstić information content (AvgIpc) is 2.54. The summed E-state index contributed by atoms with van der Waals surface area (Å²) in [5.74, 6) is -1.02. The summed E-state index contributed by atoms with van der Waals surface area (Å²) in [5.41, 5.74) is -4.39. The number of alkyl halides is 6. The lowest BCUT2D eigenvalue weighted by Crippen LogP contribution is -2.43. The van der Waals surface area contributed by atoms with Gasteiger partial charge < -0.3 is 9.88 Å². The number of hydrogen-bond acceptors (Lipinski definition) is 3. The molecule has 0 radical (unpaired) electrons. The fourth-order valence-corrected chi connectivity index (χ4v) is 2.29. The quantitative estimate of drug-likeness (QED) is 0.600. The molecular weight excluding hydrogens is 420 g/mol. The summed E-state index contributed by atoms with van der Waals surface area (Å²) in [5, 5.41) is 1.84. The Morgan fingerprint density at radius 3 is 2.14 bits per heavy atom. The van der Waals surface area contributed by atoms with Crippen molar-refractivity contribution < 1.29 is 31.1 Å². The highest BCUT2D eigenvalue weighted by molar-refractivity contribution is 6.33. The van der Waals surface area contributed by atoms with Crippen molar-refractivity contribution >= 4 is 23.2 Å². The molecule has 6 nitrogen and oxygen atoms in total. The van der Waals surface area contributed by atoms with E-state index in [4.69, 9.17) is 11.6 Å². The molecule has 0 aliphatic rings. The van der Waals surface area contributed by atoms with E-state index in [0.717, 1.165) is 12.3 Å². The molecule has 13 heteroatoms. The van der Waals surface area contributed by atoms with Gasteiger partial charge in [0.05, 0.1) is 16.3 Å². The van der Waals surface area contributed by atoms with Gasteiger partial charge in [0.15, 0.2) is 0 Å². The normalized spacial score (nSPS) is 12.1. The zero-order chi connectivity index (χ0) is 21.3. The van der Waals surface area contributed by atoms with E-state index in [9.17, 15) is 40.7 Å². The Bertz CT molecular complexity index is 1010. The van der Waals surface area contributed by atoms with Gasteiger partial charge in [0.1, 0.15) is 13.1 Å². The first-order valence-corrected chi connectivity index (χ1v) is 7.69. The predicted octanol–water partition coefficient (Wildman–Crippen LogP) is 2.88. The largest absolute Gasteiger partial charge is 0.416 e. The third-order valence-electron chi connectivity index (χ3n) is 3.36. The second-order valence-corrected chi connectivity index (χ2v) is 5.93. The van der Waals surface area contributed by atoms with E-state index >= 15 is 0 Å². The lowest BCUT2D eigenvalue weighted by atomic mass is 10.2. The third-order valence-corrected chi connectivity index (χ3v) is 3.69. The number of aromatic nitrogens is 2. The molecule has 1 heterocycles. The molecule has 2 aromatic rings. The van der Waals surface area contributed by atoms with Crippen LogP contribution in [-0.4, -0.2) is 21.2 Å². The van der Waals surface area contributed by atoms with Crippen LogP contribution in [0.25, 0.3) is 0 Å². The molecule has 0 unspecified atom stereocenters. The van der Waals surface area contributed by atoms with Crippen molar-refractivity contribution in [2.75, 3.05) is 5.32 Å². The molecule has 0 atom stereocenters. The molecule has 1 aromatic carbocycles. The fourth-order valence-electron chi connectivity index (χ4n) is 2.13. The molecule has 2 rings (SSSR count). The molecule has 0 spiro atoms. The van der Waals surface area contributed by atoms with Gasteiger partial charge in [0, 0.05) is 12.4 Å². The van der Waals surface area contributed by atoms with Crippen LogP contribution in [0.2, 0.25) is 5.02 Å². The molecular formula is C15H10ClF6N3O3. The van der Waals surface area contributed by atoms with Crippen molar-refractivity contribution in [3.63, 3.8) is 0 Å². The molecule has 0 aliphatic heterocycles. The predicted molar refractivity (Wildman–Crippen MR) is 86.1 cm³/mol. The Balaban J connectivity index is 2.22. The Morgan fingerprint density at radius 1 is 1.00 bits per heavy atom. The van der Waals surface area contributed by atoms with E-state index in [1.54, 1.807) is 0 Å². The van der Waals surface area contributed by atoms with Gasteiger partial charge >= 0.3 is 23.5 Å². The van der Waals surface area contributed by atoms with E-state index < -0.39 is 48.0 Å². The molecule has 0 saturated carbocycles. The summed E-state index contributed by atoms with van der Waals surface area (Å²) in [7, 11) is 0. The van der Waals surface area contributed by atoms with Gasteiger partial charge in [0.2, 0.25) is 5.91 Å². The number of nitrogens with zero attached hydrogens (tertiary/aromatic N) is 2. The van der Waals surface area contributed by atoms with Crippen LogP contribution in [0.3, 0.4) is 0 Å². The van der Waals surface area contributed by atoms with Crippen molar-refractivity contribution in [1.29, 1.82) is 0 Å². The number of benzene rings is 1. The first kappa shape index (κ1) is 21.5. The number of carbonyl (C=O) groups excluding carboxylic acids is 1. The number of anilines is 1. The number of carbonyl (C=O) groups is 1. The fraction of sp³-hybridized carbons (Fsp3) is 0.267. The van der Waals surface area contributed by atoms with Crippen LogP contribution in [0.5, 0.6) is 0 Å². The zero-order valence-electron chi connectivity index (χ0n) is 13.6. The van der Waals surface area contributed by atoms with Crippen molar-refractivity contribution in [2.45, 2.75) is 25.4 Å². The monoisotopic (exact) mass is 429 g/mol. The minimum atomic E-state index is -4.74. The van der Waals surface area contributed by atoms with Crippen LogP contribution in [0.4, 0.5) is 32.0 Å². The maximum absolute atomic E-state index is 12.7. The third kappa shape index (κ3) is 5.38. The summed E-state index contributed by atoms with van der Waals surface area (Å²) in [6.07, 6.45) is -7.98. The lowest BCUT2D eigenvalue weighted by Gasteiger charge is -2.13. The number of nitrogens with one attached hydrogen (secondary N) is 1. The molecule has 1 aromatic heterocycles. The maximum atomic E-state index is 12.7. The molecule has 0 fully saturated rings. The average molecular weight is 430 g/mol. The summed E-state index contributed by atoms with van der Waals surface area (Å²) in [6.45, 7) is -2.51. The second kappa shape index (κ2) is 7.70. The minimum absolute atomic E-state index is 0.125. The van der Waals surface area contributed by atoms with E-state index in [-0.39, 0.29) is 15.3 Å². The highest BCUT2D eigenvalue weighted by atomic mass is 35.5. The highest BCUT2D eigenvalue weighted by Crippen LogP contribution is 2.33. The van der Waals surface area contributed by atoms with Gasteiger partial charge in [-0.1, -0.05) is 11.6 Å². The molecule has 0 saturated heterocycles. The summed E-state index contributed by atoms with van der Waals surface area (Å²) in [6, 6.07) is 2.18. The van der Waals surface area contributed by atoms with Crippen molar-refractivity contribution in [2.24, 2.45) is 0 Å². The lowest BCUT2D eigenvalue weighted by molar-refractivity contribution is -0.141. The van der Waals surface area contributed by atoms with Crippen molar-refractivity contribution in [3.05, 3.63) is 61.9 Å². The van der Waals surface area contributed by atoms with E-state index in [2.05, 4.69) is 5.32 Å². The molecule has 0 bridgehead atoms. The molecule has 0 aliphatic carbocycles. The van der Waals surface area contributed by atoms with Crippen molar-refractivity contribution in [3.8, 4) is 0 Å². The molecule has 1 amide bonds. The van der Waals surface area contributed by atoms with Crippen LogP contribution in [0.15, 0.2) is 40.2 Å². The van der Waals surface area contributed by atoms with Crippen LogP contribution < -0.4 is 16.4 Å². The zero-order valence-corrected chi connectivity index (χ0v) is 14.3. The molecule has 1 N–H and O–H groups in total. The van der Waals surface area contributed by atoms with Gasteiger partial charge in [-0.2, -0.15) is 26.3 Å². The van der Waals surface area contributed by atoms with Crippen molar-refractivity contribution in [1.82, 2.24) is 9.13 Å². The highest BCUT2D eigenvalue weighted by Gasteiger charge is 2.31. The molecule has 28 heavy (non-hydrogen) atoms. The summed E-state index contributed by atoms with van der Waals surface area (Å²) in [4.78, 5) is 35.5. The minimum Gasteiger partial charge on any atom is -0.323 e. The smallest absolute Gasteiger partial charge is 0.323 e. The van der Waals surface area contributed by atoms with E-state index in [0.29, 0.717) is 22.9 Å². The van der Waals surface area contributed by atoms with Gasteiger partial charge in [0.25, 0.3) is 0 Å². The van der Waals surface area contributed by atoms with Gasteiger partial charge in [-0.05, 0) is 18.2 Å². The van der Waals surface area contributed by atoms with Gasteiger partial charge in [-0.25, -0.2) is 0 Å². The Labute approximate surface area is 157 Å². The first-order valence-electron chi connectivity index (χ1n) is 7.31. The number of amides is 1. The van der Waals surface area contributed by atoms with Crippen LogP contribution >= 0.6 is 11.6 Å². The standard InChI is InChI=1S/C15H10ClF6N3O3/c16-9-2-1-8(15(20,21)22)5-10(9)23-11(26)6-24-3-4-25(7-14(17,18)19)13(28)12(24)27/h1-5H,6-7H2,(H,23,26). The number of rotatable bonds is 4. The summed E-state index contributed by atoms with van der Waals surface area (Å²) >= 11 is 5.72. The Kier molecular flexibility index (Phi) is 5.92. The van der Waals surface area contributed by atoms with E-state index in [1.165, 1.54) is 0 Å². The number of halogens is 7.